The third kappa shape index (κ3) is 28.6. The van der Waals surface area contributed by atoms with E-state index < -0.39 is 207 Å². The predicted octanol–water partition coefficient (Wildman–Crippen LogP) is -8.78. The van der Waals surface area contributed by atoms with Gasteiger partial charge in [0.25, 0.3) is 0 Å². The summed E-state index contributed by atoms with van der Waals surface area (Å²) in [5.74, 6) is -20.3. The van der Waals surface area contributed by atoms with Gasteiger partial charge in [-0.2, -0.15) is 0 Å². The van der Waals surface area contributed by atoms with Crippen molar-refractivity contribution in [2.45, 2.75) is 165 Å². The fraction of sp³-hybridized carbons (Fsp3) is 0.612. The third-order valence-corrected chi connectivity index (χ3v) is 12.6. The number of H-pyrrole nitrogens is 1. The summed E-state index contributed by atoms with van der Waals surface area (Å²) in [6.45, 7) is 5.47. The second kappa shape index (κ2) is 37.6. The first-order valence-electron chi connectivity index (χ1n) is 26.8. The molecule has 0 fully saturated rings. The number of nitrogens with two attached hydrogens (primary N) is 6. The molecule has 37 nitrogen and oxygen atoms in total. The molecular formula is C49H80N18O19. The molecule has 26 N–H and O–H groups in total. The molecule has 37 heteroatoms. The summed E-state index contributed by atoms with van der Waals surface area (Å²) >= 11 is 0. The number of nitrogens with one attached hydrogen (secondary N) is 10. The maximum atomic E-state index is 14.0. The highest BCUT2D eigenvalue weighted by atomic mass is 16.4. The van der Waals surface area contributed by atoms with E-state index >= 15 is 0 Å². The van der Waals surface area contributed by atoms with Crippen LogP contribution in [0.4, 0.5) is 0 Å². The maximum Gasteiger partial charge on any atom is 0.326 e. The number of primary amides is 3. The Labute approximate surface area is 491 Å². The fourth-order valence-electron chi connectivity index (χ4n) is 7.74. The quantitative estimate of drug-likeness (QED) is 0.0164. The third-order valence-electron chi connectivity index (χ3n) is 12.6. The molecule has 0 saturated carbocycles. The number of carbonyl (C=O) groups is 15. The van der Waals surface area contributed by atoms with Crippen LogP contribution in [0.15, 0.2) is 17.5 Å². The van der Waals surface area contributed by atoms with Crippen molar-refractivity contribution < 1.29 is 92.3 Å². The summed E-state index contributed by atoms with van der Waals surface area (Å²) < 4.78 is 0. The Hall–Kier alpha value is -9.55. The maximum absolute atomic E-state index is 14.0. The van der Waals surface area contributed by atoms with E-state index in [9.17, 15) is 92.3 Å². The Kier molecular flexibility index (Phi) is 32.6. The van der Waals surface area contributed by atoms with Crippen molar-refractivity contribution in [3.05, 3.63) is 18.2 Å². The summed E-state index contributed by atoms with van der Waals surface area (Å²) in [6, 6.07) is -17.6. The van der Waals surface area contributed by atoms with Gasteiger partial charge < -0.3 is 108 Å². The van der Waals surface area contributed by atoms with Crippen LogP contribution in [0.3, 0.4) is 0 Å². The molecule has 0 aliphatic heterocycles. The van der Waals surface area contributed by atoms with Crippen LogP contribution in [0.2, 0.25) is 0 Å². The monoisotopic (exact) mass is 1220 g/mol. The smallest absolute Gasteiger partial charge is 0.326 e. The van der Waals surface area contributed by atoms with Crippen LogP contribution in [-0.2, 0) is 78.3 Å². The molecule has 0 saturated heterocycles. The van der Waals surface area contributed by atoms with Gasteiger partial charge in [-0.1, -0.05) is 34.1 Å². The molecule has 1 rings (SSSR count). The Morgan fingerprint density at radius 2 is 0.942 bits per heavy atom. The first-order chi connectivity index (χ1) is 40.2. The minimum atomic E-state index is -2.22. The van der Waals surface area contributed by atoms with Gasteiger partial charge in [-0.3, -0.25) is 72.1 Å². The zero-order valence-electron chi connectivity index (χ0n) is 47.8. The first-order valence-corrected chi connectivity index (χ1v) is 26.8. The molecule has 1 heterocycles. The molecule has 0 aliphatic carbocycles. The van der Waals surface area contributed by atoms with E-state index in [-0.39, 0.29) is 44.1 Å². The normalized spacial score (nSPS) is 14.8. The number of aromatic amines is 1. The number of hydrogen-bond acceptors (Lipinski definition) is 19. The molecule has 1 aromatic rings. The van der Waals surface area contributed by atoms with Crippen LogP contribution in [-0.4, -0.2) is 199 Å². The number of aliphatic carboxylic acids is 3. The van der Waals surface area contributed by atoms with Gasteiger partial charge >= 0.3 is 17.9 Å². The van der Waals surface area contributed by atoms with E-state index in [1.165, 1.54) is 12.5 Å². The van der Waals surface area contributed by atoms with Gasteiger partial charge in [-0.05, 0) is 43.9 Å². The number of aliphatic hydroxyl groups is 1. The first kappa shape index (κ1) is 74.5. The van der Waals surface area contributed by atoms with Crippen LogP contribution in [0, 0.1) is 11.8 Å². The number of hydrogen-bond donors (Lipinski definition) is 20. The summed E-state index contributed by atoms with van der Waals surface area (Å²) in [6.07, 6.45) is -3.47. The van der Waals surface area contributed by atoms with E-state index in [0.29, 0.717) is 12.1 Å². The largest absolute Gasteiger partial charge is 0.481 e. The number of amides is 12. The standard InChI is InChI=1S/C49H80N18O19/c1-5-22(4)38(53)47(84)66-28(14-23-18-56-20-58-23)42(79)59-24(8-10-33(50)69)40(77)67-32(19-68)46(83)62-27(13-21(2)3)41(78)60-25(9-11-36(72)73)39(76)65-31(17-37(74)75)45(82)64-30(16-35(52)71)44(81)63-29(15-34(51)70)43(80)61-26(48(85)86)7-6-12-57-49(54)55/h18,20-22,24-32,38,68H,5-17,19,53H2,1-4H3,(H2,50,69)(H2,51,70)(H2,52,71)(H,56,58)(H,59,79)(H,60,78)(H,61,80)(H,62,83)(H,63,81)(H,64,82)(H,65,76)(H,66,84)(H,67,77)(H,72,73)(H,74,75)(H,85,86)(H4,54,55,57)/t22-,24-,25-,26-,27-,28-,29-,30-,31-,32-,38-/m0/s1. The highest BCUT2D eigenvalue weighted by Crippen LogP contribution is 2.12. The molecule has 11 atom stereocenters. The van der Waals surface area contributed by atoms with Crippen molar-refractivity contribution >= 4 is 94.8 Å². The zero-order chi connectivity index (χ0) is 65.5. The Morgan fingerprint density at radius 3 is 1.36 bits per heavy atom. The van der Waals surface area contributed by atoms with Crippen molar-refractivity contribution in [1.82, 2.24) is 57.8 Å². The number of aliphatic hydroxyl groups excluding tert-OH is 1. The molecule has 12 amide bonds. The molecule has 0 aliphatic rings. The van der Waals surface area contributed by atoms with Gasteiger partial charge in [0.05, 0.1) is 38.2 Å². The molecule has 0 radical (unpaired) electrons. The van der Waals surface area contributed by atoms with Gasteiger partial charge in [-0.15, -0.1) is 0 Å². The number of aliphatic imine (C=N–C) groups is 1. The van der Waals surface area contributed by atoms with E-state index in [4.69, 9.17) is 34.4 Å². The minimum Gasteiger partial charge on any atom is -0.481 e. The number of nitrogens with zero attached hydrogens (tertiary/aromatic N) is 2. The van der Waals surface area contributed by atoms with Crippen molar-refractivity contribution in [2.24, 2.45) is 51.2 Å². The lowest BCUT2D eigenvalue weighted by molar-refractivity contribution is -0.143. The number of carboxylic acids is 3. The van der Waals surface area contributed by atoms with Gasteiger partial charge in [0.15, 0.2) is 5.96 Å². The second-order valence-electron chi connectivity index (χ2n) is 20.2. The molecular weight excluding hydrogens is 1140 g/mol. The molecule has 0 aromatic carbocycles. The number of carboxylic acid groups (broad SMARTS) is 3. The Balaban J connectivity index is 3.51. The van der Waals surface area contributed by atoms with E-state index in [2.05, 4.69) is 46.9 Å². The summed E-state index contributed by atoms with van der Waals surface area (Å²) in [5, 5.41) is 59.2. The number of imidazole rings is 1. The van der Waals surface area contributed by atoms with Crippen molar-refractivity contribution in [2.75, 3.05) is 13.2 Å². The molecule has 86 heavy (non-hydrogen) atoms. The summed E-state index contributed by atoms with van der Waals surface area (Å²) in [5.41, 5.74) is 32.9. The lowest BCUT2D eigenvalue weighted by Crippen LogP contribution is -2.61. The average Bonchev–Trinajstić information content (AvgIpc) is 2.69. The van der Waals surface area contributed by atoms with Crippen molar-refractivity contribution in [1.29, 1.82) is 0 Å². The van der Waals surface area contributed by atoms with Gasteiger partial charge in [0.2, 0.25) is 70.9 Å². The van der Waals surface area contributed by atoms with Crippen LogP contribution < -0.4 is 82.3 Å². The van der Waals surface area contributed by atoms with E-state index in [0.717, 1.165) is 0 Å². The Morgan fingerprint density at radius 1 is 0.523 bits per heavy atom. The van der Waals surface area contributed by atoms with Crippen LogP contribution in [0.1, 0.15) is 104 Å². The van der Waals surface area contributed by atoms with Gasteiger partial charge in [0, 0.05) is 37.7 Å². The molecule has 0 bridgehead atoms. The zero-order valence-corrected chi connectivity index (χ0v) is 47.8. The van der Waals surface area contributed by atoms with Crippen LogP contribution >= 0.6 is 0 Å². The number of guanidine groups is 1. The number of carbonyl (C=O) groups excluding carboxylic acids is 12. The number of aromatic nitrogens is 2. The Bertz CT molecular complexity index is 2600. The highest BCUT2D eigenvalue weighted by Gasteiger charge is 2.37. The number of rotatable bonds is 42. The molecule has 1 aromatic heterocycles. The molecule has 480 valence electrons. The van der Waals surface area contributed by atoms with Crippen LogP contribution in [0.25, 0.3) is 0 Å². The van der Waals surface area contributed by atoms with Gasteiger partial charge in [-0.25, -0.2) is 9.78 Å². The predicted molar refractivity (Wildman–Crippen MR) is 296 cm³/mol. The molecule has 0 spiro atoms. The SMILES string of the molecule is CC[C@H](C)[C@H](N)C(=O)N[C@@H](Cc1cnc[nH]1)C(=O)N[C@@H](CCC(N)=O)C(=O)N[C@@H](CO)C(=O)N[C@@H](CC(C)C)C(=O)N[C@@H](CCC(=O)O)C(=O)N[C@@H](CC(=O)O)C(=O)N[C@@H](CC(N)=O)C(=O)N[C@@H](CC(N)=O)C(=O)N[C@@H](CCCN=C(N)N)C(=O)O. The molecule has 0 unspecified atom stereocenters. The average molecular weight is 1230 g/mol. The second-order valence-corrected chi connectivity index (χ2v) is 20.2. The van der Waals surface area contributed by atoms with Gasteiger partial charge in [0.1, 0.15) is 54.4 Å². The lowest BCUT2D eigenvalue weighted by atomic mass is 9.98. The summed E-state index contributed by atoms with van der Waals surface area (Å²) in [7, 11) is 0. The van der Waals surface area contributed by atoms with Crippen molar-refractivity contribution in [3.63, 3.8) is 0 Å². The van der Waals surface area contributed by atoms with E-state index in [1.807, 2.05) is 16.0 Å². The van der Waals surface area contributed by atoms with E-state index in [1.54, 1.807) is 27.7 Å². The topological polar surface area (TPSA) is 642 Å². The fourth-order valence-corrected chi connectivity index (χ4v) is 7.74. The minimum absolute atomic E-state index is 0.0216. The summed E-state index contributed by atoms with van der Waals surface area (Å²) in [4.78, 5) is 205. The van der Waals surface area contributed by atoms with Crippen molar-refractivity contribution in [3.8, 4) is 0 Å². The highest BCUT2D eigenvalue weighted by molar-refractivity contribution is 6.01. The van der Waals surface area contributed by atoms with Crippen LogP contribution in [0.5, 0.6) is 0 Å². The lowest BCUT2D eigenvalue weighted by Gasteiger charge is -2.28.